The first kappa shape index (κ1) is 29.0. The zero-order chi connectivity index (χ0) is 27.4. The number of anilines is 1. The summed E-state index contributed by atoms with van der Waals surface area (Å²) in [7, 11) is 3.17. The largest absolute Gasteiger partial charge is 0.375 e. The Kier molecular flexibility index (Phi) is 9.34. The van der Waals surface area contributed by atoms with Crippen LogP contribution < -0.4 is 10.6 Å². The first-order valence-corrected chi connectivity index (χ1v) is 13.0. The third kappa shape index (κ3) is 6.08. The molecule has 208 valence electrons. The summed E-state index contributed by atoms with van der Waals surface area (Å²) in [5.41, 5.74) is 6.74. The molecule has 10 heteroatoms. The van der Waals surface area contributed by atoms with Crippen molar-refractivity contribution in [1.29, 1.82) is 0 Å². The summed E-state index contributed by atoms with van der Waals surface area (Å²) in [6.07, 6.45) is 4.05. The number of nitrogens with zero attached hydrogens (tertiary/aromatic N) is 4. The van der Waals surface area contributed by atoms with Gasteiger partial charge in [-0.2, -0.15) is 13.5 Å². The molecule has 0 fully saturated rings. The predicted molar refractivity (Wildman–Crippen MR) is 161 cm³/mol. The molecule has 0 unspecified atom stereocenters. The number of nitrogens with one attached hydrogen (secondary N) is 2. The van der Waals surface area contributed by atoms with Crippen LogP contribution in [0.4, 0.5) is 5.82 Å². The number of para-hydroxylation sites is 1. The van der Waals surface area contributed by atoms with Crippen LogP contribution in [0.25, 0.3) is 22.2 Å². The van der Waals surface area contributed by atoms with E-state index in [1.165, 1.54) is 5.56 Å². The van der Waals surface area contributed by atoms with E-state index in [0.29, 0.717) is 25.2 Å². The van der Waals surface area contributed by atoms with Crippen LogP contribution in [0.1, 0.15) is 39.9 Å². The van der Waals surface area contributed by atoms with Gasteiger partial charge in [0.25, 0.3) is 5.91 Å². The molecule has 0 spiro atoms. The van der Waals surface area contributed by atoms with Gasteiger partial charge in [-0.05, 0) is 35.2 Å². The van der Waals surface area contributed by atoms with Crippen LogP contribution in [0, 0.1) is 0 Å². The quantitative estimate of drug-likeness (QED) is 0.338. The molecule has 2 N–H and O–H groups in total. The Balaban J connectivity index is 0.00000370. The summed E-state index contributed by atoms with van der Waals surface area (Å²) in [4.78, 5) is 39.9. The lowest BCUT2D eigenvalue weighted by Crippen LogP contribution is -2.38. The Hall–Kier alpha value is -4.02. The van der Waals surface area contributed by atoms with Crippen molar-refractivity contribution >= 4 is 42.0 Å². The Labute approximate surface area is 240 Å². The molecule has 3 heterocycles. The van der Waals surface area contributed by atoms with E-state index in [-0.39, 0.29) is 37.8 Å². The molecular formula is C30H34N6O3S. The highest BCUT2D eigenvalue weighted by Gasteiger charge is 2.21. The van der Waals surface area contributed by atoms with E-state index in [9.17, 15) is 9.59 Å². The van der Waals surface area contributed by atoms with Crippen molar-refractivity contribution in [2.75, 3.05) is 39.2 Å². The second-order valence-corrected chi connectivity index (χ2v) is 9.73. The van der Waals surface area contributed by atoms with Crippen LogP contribution in [0.2, 0.25) is 0 Å². The number of rotatable bonds is 8. The van der Waals surface area contributed by atoms with Gasteiger partial charge < -0.3 is 20.3 Å². The standard InChI is InChI=1S/C30H32N6O3.H2S/c1-19(23-5-4-6-24-25(30(38)31-2)9-11-32-29(23)24)15-33-27-14-26(34-18-35-27)21-7-8-22-16-36(28(37)17-39-3)12-10-20(22)13-21;/h4-9,11,13-14,18-19H,10,12,15-17H2,1-3H3,(H,31,38)(H,33,34,35);1H2/t19-;/m1./s1. The summed E-state index contributed by atoms with van der Waals surface area (Å²) < 4.78 is 5.00. The van der Waals surface area contributed by atoms with Gasteiger partial charge in [0.2, 0.25) is 5.91 Å². The van der Waals surface area contributed by atoms with Crippen molar-refractivity contribution in [3.05, 3.63) is 83.3 Å². The van der Waals surface area contributed by atoms with Crippen molar-refractivity contribution in [3.8, 4) is 11.3 Å². The molecule has 0 saturated carbocycles. The minimum atomic E-state index is -0.127. The molecule has 40 heavy (non-hydrogen) atoms. The van der Waals surface area contributed by atoms with Gasteiger partial charge in [0.1, 0.15) is 18.8 Å². The smallest absolute Gasteiger partial charge is 0.251 e. The van der Waals surface area contributed by atoms with E-state index in [1.54, 1.807) is 32.7 Å². The molecular weight excluding hydrogens is 524 g/mol. The van der Waals surface area contributed by atoms with Crippen molar-refractivity contribution in [2.24, 2.45) is 0 Å². The van der Waals surface area contributed by atoms with E-state index in [1.807, 2.05) is 29.2 Å². The minimum Gasteiger partial charge on any atom is -0.375 e. The molecule has 1 aliphatic rings. The number of carbonyl (C=O) groups is 2. The molecule has 4 aromatic rings. The van der Waals surface area contributed by atoms with Crippen LogP contribution >= 0.6 is 13.5 Å². The van der Waals surface area contributed by atoms with Gasteiger partial charge in [-0.15, -0.1) is 0 Å². The summed E-state index contributed by atoms with van der Waals surface area (Å²) >= 11 is 0. The zero-order valence-electron chi connectivity index (χ0n) is 22.9. The lowest BCUT2D eigenvalue weighted by molar-refractivity contribution is -0.136. The molecule has 0 radical (unpaired) electrons. The number of benzene rings is 2. The van der Waals surface area contributed by atoms with Gasteiger partial charge in [-0.25, -0.2) is 9.97 Å². The zero-order valence-corrected chi connectivity index (χ0v) is 23.9. The van der Waals surface area contributed by atoms with Crippen molar-refractivity contribution in [2.45, 2.75) is 25.8 Å². The van der Waals surface area contributed by atoms with Crippen molar-refractivity contribution < 1.29 is 14.3 Å². The number of hydrogen-bond acceptors (Lipinski definition) is 7. The second kappa shape index (κ2) is 12.9. The summed E-state index contributed by atoms with van der Waals surface area (Å²) in [5, 5.41) is 6.98. The highest BCUT2D eigenvalue weighted by Crippen LogP contribution is 2.28. The number of aromatic nitrogens is 3. The lowest BCUT2D eigenvalue weighted by atomic mass is 9.95. The third-order valence-corrected chi connectivity index (χ3v) is 7.20. The van der Waals surface area contributed by atoms with Gasteiger partial charge in [-0.3, -0.25) is 14.6 Å². The van der Waals surface area contributed by atoms with E-state index in [4.69, 9.17) is 4.74 Å². The molecule has 0 saturated heterocycles. The van der Waals surface area contributed by atoms with E-state index < -0.39 is 0 Å². The van der Waals surface area contributed by atoms with E-state index in [0.717, 1.165) is 45.5 Å². The molecule has 2 amide bonds. The molecule has 9 nitrogen and oxygen atoms in total. The van der Waals surface area contributed by atoms with Gasteiger partial charge in [0.15, 0.2) is 0 Å². The average molecular weight is 559 g/mol. The fraction of sp³-hybridized carbons (Fsp3) is 0.300. The first-order valence-electron chi connectivity index (χ1n) is 13.0. The van der Waals surface area contributed by atoms with Crippen LogP contribution in [0.3, 0.4) is 0 Å². The third-order valence-electron chi connectivity index (χ3n) is 7.20. The Morgan fingerprint density at radius 1 is 1.07 bits per heavy atom. The van der Waals surface area contributed by atoms with Gasteiger partial charge in [0, 0.05) is 62.9 Å². The maximum absolute atomic E-state index is 12.3. The monoisotopic (exact) mass is 558 g/mol. The van der Waals surface area contributed by atoms with E-state index in [2.05, 4.69) is 50.7 Å². The summed E-state index contributed by atoms with van der Waals surface area (Å²) in [6, 6.07) is 15.9. The normalized spacial score (nSPS) is 13.2. The highest BCUT2D eigenvalue weighted by molar-refractivity contribution is 7.59. The molecule has 1 atom stereocenters. The number of amides is 2. The maximum atomic E-state index is 12.3. The van der Waals surface area contributed by atoms with E-state index >= 15 is 0 Å². The number of fused-ring (bicyclic) bond motifs is 2. The number of hydrogen-bond donors (Lipinski definition) is 2. The minimum absolute atomic E-state index is 0. The topological polar surface area (TPSA) is 109 Å². The maximum Gasteiger partial charge on any atom is 0.251 e. The molecule has 0 aliphatic carbocycles. The summed E-state index contributed by atoms with van der Waals surface area (Å²) in [6.45, 7) is 4.15. The van der Waals surface area contributed by atoms with Gasteiger partial charge in [0.05, 0.1) is 16.8 Å². The summed E-state index contributed by atoms with van der Waals surface area (Å²) in [5.74, 6) is 0.740. The fourth-order valence-electron chi connectivity index (χ4n) is 5.05. The van der Waals surface area contributed by atoms with Crippen molar-refractivity contribution in [3.63, 3.8) is 0 Å². The number of ether oxygens (including phenoxy) is 1. The van der Waals surface area contributed by atoms with Crippen LogP contribution in [0.15, 0.2) is 61.1 Å². The Morgan fingerprint density at radius 2 is 1.93 bits per heavy atom. The van der Waals surface area contributed by atoms with Gasteiger partial charge >= 0.3 is 0 Å². The number of pyridine rings is 1. The van der Waals surface area contributed by atoms with Crippen LogP contribution in [-0.2, 0) is 22.5 Å². The predicted octanol–water partition coefficient (Wildman–Crippen LogP) is 3.91. The Morgan fingerprint density at radius 3 is 2.73 bits per heavy atom. The van der Waals surface area contributed by atoms with Crippen LogP contribution in [0.5, 0.6) is 0 Å². The molecule has 2 aromatic heterocycles. The lowest BCUT2D eigenvalue weighted by Gasteiger charge is -2.29. The SMILES string of the molecule is CNC(=O)c1ccnc2c([C@H](C)CNc3cc(-c4ccc5c(c4)CCN(C(=O)COC)C5)ncn3)cccc12.S. The fourth-order valence-corrected chi connectivity index (χ4v) is 5.05. The van der Waals surface area contributed by atoms with Gasteiger partial charge in [-0.1, -0.05) is 37.3 Å². The second-order valence-electron chi connectivity index (χ2n) is 9.73. The van der Waals surface area contributed by atoms with Crippen molar-refractivity contribution in [1.82, 2.24) is 25.2 Å². The molecule has 1 aliphatic heterocycles. The number of methoxy groups -OCH3 is 1. The molecule has 0 bridgehead atoms. The Bertz CT molecular complexity index is 1530. The average Bonchev–Trinajstić information content (AvgIpc) is 2.98. The number of carbonyl (C=O) groups excluding carboxylic acids is 2. The van der Waals surface area contributed by atoms with Crippen LogP contribution in [-0.4, -0.2) is 65.5 Å². The molecule has 5 rings (SSSR count). The molecule has 2 aromatic carbocycles. The highest BCUT2D eigenvalue weighted by atomic mass is 32.1. The first-order chi connectivity index (χ1) is 19.0.